The molecule has 0 saturated carbocycles. The highest BCUT2D eigenvalue weighted by Gasteiger charge is 2.24. The van der Waals surface area contributed by atoms with E-state index in [0.717, 1.165) is 22.6 Å². The highest BCUT2D eigenvalue weighted by Crippen LogP contribution is 2.27. The molecule has 0 atom stereocenters. The minimum absolute atomic E-state index is 0.125. The van der Waals surface area contributed by atoms with Crippen molar-refractivity contribution < 1.29 is 4.79 Å². The molecule has 0 spiro atoms. The first kappa shape index (κ1) is 13.3. The van der Waals surface area contributed by atoms with Crippen LogP contribution in [-0.4, -0.2) is 32.7 Å². The van der Waals surface area contributed by atoms with Crippen LogP contribution < -0.4 is 5.32 Å². The van der Waals surface area contributed by atoms with Gasteiger partial charge in [0.05, 0.1) is 6.54 Å². The number of para-hydroxylation sites is 1. The van der Waals surface area contributed by atoms with Crippen molar-refractivity contribution in [1.29, 1.82) is 0 Å². The van der Waals surface area contributed by atoms with Crippen LogP contribution in [0.25, 0.3) is 10.9 Å². The number of aryl methyl sites for hydroxylation is 1. The molecular formula is C15H15N5OS. The third-order valence-corrected chi connectivity index (χ3v) is 4.66. The minimum atomic E-state index is -0.125. The van der Waals surface area contributed by atoms with Crippen LogP contribution in [0.15, 0.2) is 24.3 Å². The van der Waals surface area contributed by atoms with Crippen LogP contribution in [0.2, 0.25) is 0 Å². The van der Waals surface area contributed by atoms with Gasteiger partial charge in [-0.25, -0.2) is 4.79 Å². The number of H-pyrrole nitrogens is 1. The van der Waals surface area contributed by atoms with Gasteiger partial charge in [0.25, 0.3) is 0 Å². The quantitative estimate of drug-likeness (QED) is 0.725. The number of anilines is 1. The molecule has 112 valence electrons. The fraction of sp³-hybridized carbons (Fsp3) is 0.267. The first-order valence-corrected chi connectivity index (χ1v) is 7.97. The van der Waals surface area contributed by atoms with Crippen LogP contribution in [0.4, 0.5) is 9.93 Å². The summed E-state index contributed by atoms with van der Waals surface area (Å²) in [6.07, 6.45) is 0.863. The molecule has 4 rings (SSSR count). The van der Waals surface area contributed by atoms with Crippen molar-refractivity contribution in [3.8, 4) is 0 Å². The lowest BCUT2D eigenvalue weighted by atomic mass is 10.0. The molecule has 1 aliphatic rings. The van der Waals surface area contributed by atoms with E-state index in [0.29, 0.717) is 18.2 Å². The lowest BCUT2D eigenvalue weighted by Gasteiger charge is -2.26. The van der Waals surface area contributed by atoms with Gasteiger partial charge in [-0.15, -0.1) is 10.2 Å². The van der Waals surface area contributed by atoms with Crippen molar-refractivity contribution in [3.63, 3.8) is 0 Å². The van der Waals surface area contributed by atoms with Gasteiger partial charge in [-0.05, 0) is 25.0 Å². The highest BCUT2D eigenvalue weighted by molar-refractivity contribution is 7.15. The average molecular weight is 313 g/mol. The van der Waals surface area contributed by atoms with E-state index >= 15 is 0 Å². The van der Waals surface area contributed by atoms with E-state index in [4.69, 9.17) is 0 Å². The monoisotopic (exact) mass is 313 g/mol. The van der Waals surface area contributed by atoms with Crippen LogP contribution in [0.1, 0.15) is 16.3 Å². The van der Waals surface area contributed by atoms with Crippen molar-refractivity contribution in [1.82, 2.24) is 20.1 Å². The average Bonchev–Trinajstić information content (AvgIpc) is 3.09. The van der Waals surface area contributed by atoms with Gasteiger partial charge in [-0.1, -0.05) is 29.5 Å². The van der Waals surface area contributed by atoms with E-state index in [2.05, 4.69) is 32.6 Å². The number of nitrogens with one attached hydrogen (secondary N) is 2. The molecule has 3 heterocycles. The Morgan fingerprint density at radius 2 is 2.23 bits per heavy atom. The molecule has 0 bridgehead atoms. The molecule has 0 fully saturated rings. The standard InChI is InChI=1S/C15H15N5OS/c1-9-18-19-14(22-9)17-15(21)20-7-6-11-10-4-2-3-5-12(10)16-13(11)8-20/h2-5,16H,6-8H2,1H3,(H,17,19,21). The first-order valence-electron chi connectivity index (χ1n) is 7.15. The second kappa shape index (κ2) is 5.10. The Balaban J connectivity index is 1.55. The predicted molar refractivity (Wildman–Crippen MR) is 86.1 cm³/mol. The molecule has 3 aromatic rings. The van der Waals surface area contributed by atoms with E-state index in [9.17, 15) is 4.79 Å². The zero-order valence-electron chi connectivity index (χ0n) is 12.1. The van der Waals surface area contributed by atoms with E-state index in [1.54, 1.807) is 4.90 Å². The van der Waals surface area contributed by atoms with Crippen LogP contribution in [-0.2, 0) is 13.0 Å². The maximum absolute atomic E-state index is 12.3. The second-order valence-electron chi connectivity index (χ2n) is 5.36. The first-order chi connectivity index (χ1) is 10.7. The summed E-state index contributed by atoms with van der Waals surface area (Å²) < 4.78 is 0. The number of benzene rings is 1. The Morgan fingerprint density at radius 1 is 1.36 bits per heavy atom. The molecule has 7 heteroatoms. The number of hydrogen-bond acceptors (Lipinski definition) is 4. The molecular weight excluding hydrogens is 298 g/mol. The summed E-state index contributed by atoms with van der Waals surface area (Å²) in [5, 5.41) is 13.3. The number of urea groups is 1. The summed E-state index contributed by atoms with van der Waals surface area (Å²) in [7, 11) is 0. The van der Waals surface area contributed by atoms with Crippen LogP contribution >= 0.6 is 11.3 Å². The van der Waals surface area contributed by atoms with Gasteiger partial charge < -0.3 is 9.88 Å². The maximum atomic E-state index is 12.3. The fourth-order valence-corrected chi connectivity index (χ4v) is 3.47. The van der Waals surface area contributed by atoms with Gasteiger partial charge in [0.2, 0.25) is 5.13 Å². The van der Waals surface area contributed by atoms with E-state index in [1.807, 2.05) is 19.1 Å². The summed E-state index contributed by atoms with van der Waals surface area (Å²) in [6.45, 7) is 3.16. The summed E-state index contributed by atoms with van der Waals surface area (Å²) in [4.78, 5) is 17.6. The Hall–Kier alpha value is -2.41. The zero-order valence-corrected chi connectivity index (χ0v) is 12.9. The second-order valence-corrected chi connectivity index (χ2v) is 6.54. The van der Waals surface area contributed by atoms with Gasteiger partial charge in [0, 0.05) is 23.1 Å². The van der Waals surface area contributed by atoms with Gasteiger partial charge in [-0.2, -0.15) is 0 Å². The highest BCUT2D eigenvalue weighted by atomic mass is 32.1. The molecule has 2 aromatic heterocycles. The maximum Gasteiger partial charge on any atom is 0.324 e. The Morgan fingerprint density at radius 3 is 3.05 bits per heavy atom. The molecule has 0 unspecified atom stereocenters. The van der Waals surface area contributed by atoms with Gasteiger partial charge in [0.15, 0.2) is 0 Å². The number of aromatic amines is 1. The van der Waals surface area contributed by atoms with Gasteiger partial charge >= 0.3 is 6.03 Å². The van der Waals surface area contributed by atoms with Crippen LogP contribution in [0.5, 0.6) is 0 Å². The number of amides is 2. The molecule has 0 saturated heterocycles. The van der Waals surface area contributed by atoms with Crippen molar-refractivity contribution in [2.24, 2.45) is 0 Å². The lowest BCUT2D eigenvalue weighted by Crippen LogP contribution is -2.38. The minimum Gasteiger partial charge on any atom is -0.357 e. The predicted octanol–water partition coefficient (Wildman–Crippen LogP) is 2.92. The Bertz CT molecular complexity index is 853. The lowest BCUT2D eigenvalue weighted by molar-refractivity contribution is 0.206. The Kier molecular flexibility index (Phi) is 3.07. The number of aromatic nitrogens is 3. The van der Waals surface area contributed by atoms with Gasteiger partial charge in [-0.3, -0.25) is 5.32 Å². The molecule has 2 amide bonds. The SMILES string of the molecule is Cc1nnc(NC(=O)N2CCc3c([nH]c4ccccc34)C2)s1. The van der Waals surface area contributed by atoms with Crippen molar-refractivity contribution >= 4 is 33.4 Å². The van der Waals surface area contributed by atoms with Gasteiger partial charge in [0.1, 0.15) is 5.01 Å². The summed E-state index contributed by atoms with van der Waals surface area (Å²) in [5.74, 6) is 0. The number of carbonyl (C=O) groups is 1. The normalized spacial score (nSPS) is 14.1. The molecule has 0 aliphatic carbocycles. The van der Waals surface area contributed by atoms with Crippen LogP contribution in [0, 0.1) is 6.92 Å². The zero-order chi connectivity index (χ0) is 15.1. The van der Waals surface area contributed by atoms with E-state index in [-0.39, 0.29) is 6.03 Å². The molecule has 1 aliphatic heterocycles. The number of nitrogens with zero attached hydrogens (tertiary/aromatic N) is 3. The van der Waals surface area contributed by atoms with Crippen LogP contribution in [0.3, 0.4) is 0 Å². The van der Waals surface area contributed by atoms with Crippen molar-refractivity contribution in [3.05, 3.63) is 40.5 Å². The Labute approximate surface area is 131 Å². The summed E-state index contributed by atoms with van der Waals surface area (Å²) >= 11 is 1.38. The number of hydrogen-bond donors (Lipinski definition) is 2. The molecule has 1 aromatic carbocycles. The largest absolute Gasteiger partial charge is 0.357 e. The van der Waals surface area contributed by atoms with Crippen molar-refractivity contribution in [2.45, 2.75) is 19.9 Å². The number of rotatable bonds is 1. The number of fused-ring (bicyclic) bond motifs is 3. The van der Waals surface area contributed by atoms with Crippen molar-refractivity contribution in [2.75, 3.05) is 11.9 Å². The molecule has 0 radical (unpaired) electrons. The summed E-state index contributed by atoms with van der Waals surface area (Å²) in [5.41, 5.74) is 3.58. The fourth-order valence-electron chi connectivity index (χ4n) is 2.88. The number of carbonyl (C=O) groups excluding carboxylic acids is 1. The topological polar surface area (TPSA) is 73.9 Å². The summed E-state index contributed by atoms with van der Waals surface area (Å²) in [6, 6.07) is 8.15. The molecule has 2 N–H and O–H groups in total. The smallest absolute Gasteiger partial charge is 0.324 e. The third kappa shape index (κ3) is 2.23. The van der Waals surface area contributed by atoms with E-state index < -0.39 is 0 Å². The third-order valence-electron chi connectivity index (χ3n) is 3.91. The molecule has 6 nitrogen and oxygen atoms in total. The molecule has 22 heavy (non-hydrogen) atoms. The van der Waals surface area contributed by atoms with E-state index in [1.165, 1.54) is 22.3 Å².